The van der Waals surface area contributed by atoms with E-state index in [9.17, 15) is 4.79 Å². The molecule has 2 aliphatic rings. The lowest BCUT2D eigenvalue weighted by Crippen LogP contribution is -2.17. The molecule has 0 spiro atoms. The van der Waals surface area contributed by atoms with Crippen molar-refractivity contribution in [3.8, 4) is 0 Å². The van der Waals surface area contributed by atoms with Crippen LogP contribution in [0.15, 0.2) is 12.2 Å². The quantitative estimate of drug-likeness (QED) is 0.323. The largest absolute Gasteiger partial charge is 0.465 e. The van der Waals surface area contributed by atoms with Crippen molar-refractivity contribution < 1.29 is 9.53 Å². The average molecular weight is 278 g/mol. The SMILES string of the molecule is CCCCCCCCCC(=O)OC[C@H]1CC2C=CC1C2. The molecule has 0 aromatic heterocycles. The molecule has 2 aliphatic carbocycles. The van der Waals surface area contributed by atoms with Gasteiger partial charge in [0.1, 0.15) is 0 Å². The van der Waals surface area contributed by atoms with E-state index in [-0.39, 0.29) is 5.97 Å². The predicted molar refractivity (Wildman–Crippen MR) is 82.4 cm³/mol. The van der Waals surface area contributed by atoms with Gasteiger partial charge in [-0.05, 0) is 37.0 Å². The van der Waals surface area contributed by atoms with Gasteiger partial charge in [-0.3, -0.25) is 4.79 Å². The molecule has 1 saturated carbocycles. The Balaban J connectivity index is 1.44. The minimum atomic E-state index is 0.0188. The van der Waals surface area contributed by atoms with Crippen molar-refractivity contribution in [1.29, 1.82) is 0 Å². The Labute approximate surface area is 124 Å². The second-order valence-electron chi connectivity index (χ2n) is 6.59. The fourth-order valence-corrected chi connectivity index (χ4v) is 3.58. The van der Waals surface area contributed by atoms with Gasteiger partial charge in [0.15, 0.2) is 0 Å². The van der Waals surface area contributed by atoms with Crippen LogP contribution in [0.1, 0.15) is 71.1 Å². The van der Waals surface area contributed by atoms with Gasteiger partial charge in [-0.1, -0.05) is 57.6 Å². The number of allylic oxidation sites excluding steroid dienone is 2. The zero-order valence-electron chi connectivity index (χ0n) is 13.0. The molecule has 0 heterocycles. The van der Waals surface area contributed by atoms with Crippen LogP contribution < -0.4 is 0 Å². The number of esters is 1. The van der Waals surface area contributed by atoms with Gasteiger partial charge in [-0.2, -0.15) is 0 Å². The van der Waals surface area contributed by atoms with Crippen molar-refractivity contribution in [3.05, 3.63) is 12.2 Å². The third-order valence-corrected chi connectivity index (χ3v) is 4.86. The minimum Gasteiger partial charge on any atom is -0.465 e. The van der Waals surface area contributed by atoms with Crippen molar-refractivity contribution in [1.82, 2.24) is 0 Å². The van der Waals surface area contributed by atoms with E-state index < -0.39 is 0 Å². The molecule has 0 aliphatic heterocycles. The fraction of sp³-hybridized carbons (Fsp3) is 0.833. The molecule has 2 nitrogen and oxygen atoms in total. The van der Waals surface area contributed by atoms with Crippen LogP contribution in [0.4, 0.5) is 0 Å². The molecule has 114 valence electrons. The summed E-state index contributed by atoms with van der Waals surface area (Å²) >= 11 is 0. The zero-order valence-corrected chi connectivity index (χ0v) is 13.0. The van der Waals surface area contributed by atoms with E-state index in [0.29, 0.717) is 24.9 Å². The Hall–Kier alpha value is -0.790. The number of carbonyl (C=O) groups excluding carboxylic acids is 1. The molecule has 0 saturated heterocycles. The zero-order chi connectivity index (χ0) is 14.2. The molecule has 0 amide bonds. The summed E-state index contributed by atoms with van der Waals surface area (Å²) < 4.78 is 5.45. The van der Waals surface area contributed by atoms with Gasteiger partial charge in [-0.25, -0.2) is 0 Å². The van der Waals surface area contributed by atoms with Crippen LogP contribution in [0.25, 0.3) is 0 Å². The lowest BCUT2D eigenvalue weighted by atomic mass is 9.95. The highest BCUT2D eigenvalue weighted by atomic mass is 16.5. The van der Waals surface area contributed by atoms with Gasteiger partial charge in [-0.15, -0.1) is 0 Å². The van der Waals surface area contributed by atoms with Crippen molar-refractivity contribution >= 4 is 5.97 Å². The summed E-state index contributed by atoms with van der Waals surface area (Å²) in [7, 11) is 0. The van der Waals surface area contributed by atoms with Crippen LogP contribution in [0.5, 0.6) is 0 Å². The topological polar surface area (TPSA) is 26.3 Å². The standard InChI is InChI=1S/C18H30O2/c1-2-3-4-5-6-7-8-9-18(19)20-14-17-13-15-10-11-16(17)12-15/h10-11,15-17H,2-9,12-14H2,1H3/t15?,16?,17-/m1/s1. The van der Waals surface area contributed by atoms with Crippen LogP contribution in [0.3, 0.4) is 0 Å². The molecule has 0 radical (unpaired) electrons. The van der Waals surface area contributed by atoms with E-state index in [2.05, 4.69) is 19.1 Å². The lowest BCUT2D eigenvalue weighted by Gasteiger charge is -2.17. The molecule has 2 bridgehead atoms. The normalized spacial score (nSPS) is 27.1. The summed E-state index contributed by atoms with van der Waals surface area (Å²) in [4.78, 5) is 11.7. The third-order valence-electron chi connectivity index (χ3n) is 4.86. The molecule has 1 fully saturated rings. The maximum atomic E-state index is 11.7. The predicted octanol–water partition coefficient (Wildman–Crippen LogP) is 4.88. The average Bonchev–Trinajstić information content (AvgIpc) is 3.06. The first-order valence-corrected chi connectivity index (χ1v) is 8.63. The van der Waals surface area contributed by atoms with Crippen molar-refractivity contribution in [2.24, 2.45) is 17.8 Å². The molecule has 3 atom stereocenters. The van der Waals surface area contributed by atoms with Gasteiger partial charge < -0.3 is 4.74 Å². The summed E-state index contributed by atoms with van der Waals surface area (Å²) in [6, 6.07) is 0. The first-order valence-electron chi connectivity index (χ1n) is 8.63. The first kappa shape index (κ1) is 15.6. The summed E-state index contributed by atoms with van der Waals surface area (Å²) in [5.41, 5.74) is 0. The van der Waals surface area contributed by atoms with Gasteiger partial charge in [0, 0.05) is 6.42 Å². The summed E-state index contributed by atoms with van der Waals surface area (Å²) in [5, 5.41) is 0. The number of hydrogen-bond donors (Lipinski definition) is 0. The van der Waals surface area contributed by atoms with Gasteiger partial charge in [0.05, 0.1) is 6.61 Å². The number of fused-ring (bicyclic) bond motifs is 2. The summed E-state index contributed by atoms with van der Waals surface area (Å²) in [6.07, 6.45) is 16.5. The molecule has 0 aromatic rings. The van der Waals surface area contributed by atoms with Crippen LogP contribution in [-0.4, -0.2) is 12.6 Å². The second-order valence-corrected chi connectivity index (χ2v) is 6.59. The van der Waals surface area contributed by atoms with E-state index in [0.717, 1.165) is 12.3 Å². The smallest absolute Gasteiger partial charge is 0.305 e. The Morgan fingerprint density at radius 3 is 2.45 bits per heavy atom. The Bertz CT molecular complexity index is 321. The van der Waals surface area contributed by atoms with Crippen molar-refractivity contribution in [3.63, 3.8) is 0 Å². The first-order chi connectivity index (χ1) is 9.79. The highest BCUT2D eigenvalue weighted by Crippen LogP contribution is 2.43. The molecule has 0 N–H and O–H groups in total. The Morgan fingerprint density at radius 1 is 1.05 bits per heavy atom. The van der Waals surface area contributed by atoms with Crippen LogP contribution in [0, 0.1) is 17.8 Å². The molecule has 2 rings (SSSR count). The third kappa shape index (κ3) is 4.96. The number of carbonyl (C=O) groups is 1. The van der Waals surface area contributed by atoms with Gasteiger partial charge in [0.2, 0.25) is 0 Å². The number of ether oxygens (including phenoxy) is 1. The van der Waals surface area contributed by atoms with Gasteiger partial charge >= 0.3 is 5.97 Å². The van der Waals surface area contributed by atoms with Gasteiger partial charge in [0.25, 0.3) is 0 Å². The molecule has 2 heteroatoms. The molecular formula is C18H30O2. The highest BCUT2D eigenvalue weighted by molar-refractivity contribution is 5.69. The number of rotatable bonds is 10. The van der Waals surface area contributed by atoms with E-state index in [4.69, 9.17) is 4.74 Å². The molecular weight excluding hydrogens is 248 g/mol. The second kappa shape index (κ2) is 8.49. The number of hydrogen-bond acceptors (Lipinski definition) is 2. The minimum absolute atomic E-state index is 0.0188. The van der Waals surface area contributed by atoms with Crippen LogP contribution >= 0.6 is 0 Å². The summed E-state index contributed by atoms with van der Waals surface area (Å²) in [6.45, 7) is 2.89. The monoisotopic (exact) mass is 278 g/mol. The van der Waals surface area contributed by atoms with E-state index in [1.54, 1.807) is 0 Å². The maximum Gasteiger partial charge on any atom is 0.305 e. The molecule has 2 unspecified atom stereocenters. The highest BCUT2D eigenvalue weighted by Gasteiger charge is 2.36. The van der Waals surface area contributed by atoms with E-state index in [1.165, 1.54) is 51.4 Å². The van der Waals surface area contributed by atoms with Crippen molar-refractivity contribution in [2.45, 2.75) is 71.1 Å². The molecule has 0 aromatic carbocycles. The van der Waals surface area contributed by atoms with Crippen molar-refractivity contribution in [2.75, 3.05) is 6.61 Å². The lowest BCUT2D eigenvalue weighted by molar-refractivity contribution is -0.145. The molecule has 20 heavy (non-hydrogen) atoms. The maximum absolute atomic E-state index is 11.7. The Kier molecular flexibility index (Phi) is 6.62. The van der Waals surface area contributed by atoms with Crippen LogP contribution in [-0.2, 0) is 9.53 Å². The van der Waals surface area contributed by atoms with Crippen LogP contribution in [0.2, 0.25) is 0 Å². The fourth-order valence-electron chi connectivity index (χ4n) is 3.58. The summed E-state index contributed by atoms with van der Waals surface area (Å²) in [5.74, 6) is 2.08. The van der Waals surface area contributed by atoms with E-state index >= 15 is 0 Å². The number of unbranched alkanes of at least 4 members (excludes halogenated alkanes) is 6. The van der Waals surface area contributed by atoms with E-state index in [1.807, 2.05) is 0 Å². The Morgan fingerprint density at radius 2 is 1.80 bits per heavy atom.